The van der Waals surface area contributed by atoms with Crippen molar-refractivity contribution >= 4 is 28.2 Å². The molecule has 0 fully saturated rings. The molecular weight excluding hydrogens is 436 g/mol. The largest absolute Gasteiger partial charge is 0.493 e. The number of hydrogen-bond acceptors (Lipinski definition) is 6. The highest BCUT2D eigenvalue weighted by atomic mass is 32.1. The van der Waals surface area contributed by atoms with Crippen molar-refractivity contribution in [1.82, 2.24) is 9.38 Å². The molecule has 0 amide bonds. The van der Waals surface area contributed by atoms with Gasteiger partial charge in [0.1, 0.15) is 0 Å². The smallest absolute Gasteiger partial charge is 0.203 e. The van der Waals surface area contributed by atoms with Gasteiger partial charge in [-0.15, -0.1) is 11.3 Å². The van der Waals surface area contributed by atoms with E-state index < -0.39 is 0 Å². The van der Waals surface area contributed by atoms with Crippen LogP contribution < -0.4 is 14.2 Å². The number of hydrogen-bond donors (Lipinski definition) is 0. The molecule has 0 aliphatic rings. The zero-order valence-electron chi connectivity index (χ0n) is 19.7. The molecular formula is C26H28N2O4S. The Morgan fingerprint density at radius 2 is 1.64 bits per heavy atom. The molecule has 0 N–H and O–H groups in total. The summed E-state index contributed by atoms with van der Waals surface area (Å²) in [5.74, 6) is 1.13. The van der Waals surface area contributed by atoms with Gasteiger partial charge in [-0.3, -0.25) is 9.20 Å². The molecule has 4 rings (SSSR count). The van der Waals surface area contributed by atoms with E-state index in [1.54, 1.807) is 35.6 Å². The number of methoxy groups -OCH3 is 3. The van der Waals surface area contributed by atoms with E-state index in [0.717, 1.165) is 21.9 Å². The van der Waals surface area contributed by atoms with E-state index in [-0.39, 0.29) is 5.78 Å². The highest BCUT2D eigenvalue weighted by Gasteiger charge is 2.17. The number of benzene rings is 2. The number of ether oxygens (including phenoxy) is 3. The van der Waals surface area contributed by atoms with Crippen molar-refractivity contribution in [2.24, 2.45) is 0 Å². The lowest BCUT2D eigenvalue weighted by Gasteiger charge is -2.13. The highest BCUT2D eigenvalue weighted by Crippen LogP contribution is 2.38. The van der Waals surface area contributed by atoms with Gasteiger partial charge in [-0.1, -0.05) is 43.7 Å². The second kappa shape index (κ2) is 10.8. The summed E-state index contributed by atoms with van der Waals surface area (Å²) in [6.07, 6.45) is 5.29. The van der Waals surface area contributed by atoms with Crippen LogP contribution in [0, 0.1) is 6.92 Å². The van der Waals surface area contributed by atoms with Crippen LogP contribution in [-0.4, -0.2) is 36.5 Å². The van der Waals surface area contributed by atoms with E-state index in [4.69, 9.17) is 19.2 Å². The average molecular weight is 465 g/mol. The molecule has 0 saturated carbocycles. The van der Waals surface area contributed by atoms with Gasteiger partial charge in [0.05, 0.1) is 32.7 Å². The van der Waals surface area contributed by atoms with Crippen LogP contribution in [-0.2, 0) is 0 Å². The number of nitrogens with zero attached hydrogens (tertiary/aromatic N) is 2. The van der Waals surface area contributed by atoms with E-state index in [2.05, 4.69) is 12.1 Å². The van der Waals surface area contributed by atoms with Crippen molar-refractivity contribution in [1.29, 1.82) is 0 Å². The molecule has 2 heterocycles. The van der Waals surface area contributed by atoms with Crippen LogP contribution in [0.2, 0.25) is 0 Å². The van der Waals surface area contributed by atoms with Gasteiger partial charge in [0, 0.05) is 22.7 Å². The van der Waals surface area contributed by atoms with Gasteiger partial charge < -0.3 is 14.2 Å². The number of ketones is 1. The molecule has 0 aliphatic carbocycles. The molecule has 0 atom stereocenters. The fraction of sp³-hybridized carbons (Fsp3) is 0.231. The number of fused-ring (bicyclic) bond motifs is 1. The molecule has 0 aliphatic heterocycles. The minimum atomic E-state index is -0.181. The zero-order valence-corrected chi connectivity index (χ0v) is 20.5. The third-order valence-electron chi connectivity index (χ3n) is 4.97. The van der Waals surface area contributed by atoms with Crippen molar-refractivity contribution in [3.63, 3.8) is 0 Å². The van der Waals surface area contributed by atoms with Crippen molar-refractivity contribution in [2.45, 2.75) is 20.8 Å². The van der Waals surface area contributed by atoms with Gasteiger partial charge >= 0.3 is 0 Å². The number of aryl methyl sites for hydroxylation is 1. The highest BCUT2D eigenvalue weighted by molar-refractivity contribution is 7.15. The number of thiazole rings is 1. The molecule has 2 aromatic carbocycles. The summed E-state index contributed by atoms with van der Waals surface area (Å²) in [5, 5.41) is 1.97. The van der Waals surface area contributed by atoms with Crippen LogP contribution in [0.3, 0.4) is 0 Å². The summed E-state index contributed by atoms with van der Waals surface area (Å²) in [4.78, 5) is 18.6. The molecule has 7 heteroatoms. The maximum absolute atomic E-state index is 13.0. The van der Waals surface area contributed by atoms with E-state index in [9.17, 15) is 4.79 Å². The number of rotatable bonds is 7. The van der Waals surface area contributed by atoms with Gasteiger partial charge in [-0.2, -0.15) is 0 Å². The molecule has 6 nitrogen and oxygen atoms in total. The third kappa shape index (κ3) is 4.93. The van der Waals surface area contributed by atoms with Crippen LogP contribution in [0.5, 0.6) is 17.2 Å². The fourth-order valence-electron chi connectivity index (χ4n) is 3.36. The Morgan fingerprint density at radius 3 is 2.21 bits per heavy atom. The summed E-state index contributed by atoms with van der Waals surface area (Å²) < 4.78 is 18.0. The van der Waals surface area contributed by atoms with Gasteiger partial charge in [0.25, 0.3) is 0 Å². The van der Waals surface area contributed by atoms with Gasteiger partial charge in [-0.25, -0.2) is 4.98 Å². The quantitative estimate of drug-likeness (QED) is 0.237. The van der Waals surface area contributed by atoms with E-state index >= 15 is 0 Å². The molecule has 33 heavy (non-hydrogen) atoms. The molecule has 0 radical (unpaired) electrons. The Kier molecular flexibility index (Phi) is 7.90. The third-order valence-corrected chi connectivity index (χ3v) is 5.72. The summed E-state index contributed by atoms with van der Waals surface area (Å²) >= 11 is 1.55. The van der Waals surface area contributed by atoms with Gasteiger partial charge in [0.15, 0.2) is 22.2 Å². The van der Waals surface area contributed by atoms with Crippen molar-refractivity contribution in [3.8, 4) is 28.5 Å². The molecule has 0 bridgehead atoms. The summed E-state index contributed by atoms with van der Waals surface area (Å²) in [6.45, 7) is 6.05. The first-order valence-electron chi connectivity index (χ1n) is 10.6. The summed E-state index contributed by atoms with van der Waals surface area (Å²) in [7, 11) is 4.57. The Labute approximate surface area is 198 Å². The maximum Gasteiger partial charge on any atom is 0.203 e. The lowest BCUT2D eigenvalue weighted by molar-refractivity contribution is 0.104. The van der Waals surface area contributed by atoms with E-state index in [1.165, 1.54) is 26.9 Å². The second-order valence-electron chi connectivity index (χ2n) is 6.88. The standard InChI is InChI=1S/C24H22N2O4S.C2H6/c1-15-5-7-16(8-6-15)22-18(26-11-12-31-24(26)25-22)9-10-19(27)17-13-20(28-2)23(30-4)21(14-17)29-3;1-2/h5-14H,1-4H3;1-2H3/b10-9+;. The number of allylic oxidation sites excluding steroid dienone is 1. The van der Waals surface area contributed by atoms with Crippen molar-refractivity contribution in [3.05, 3.63) is 70.9 Å². The number of aromatic nitrogens is 2. The first kappa shape index (κ1) is 24.1. The number of imidazole rings is 1. The molecule has 0 spiro atoms. The Balaban J connectivity index is 0.00000149. The first-order valence-corrected chi connectivity index (χ1v) is 11.5. The first-order chi connectivity index (χ1) is 16.0. The maximum atomic E-state index is 13.0. The predicted molar refractivity (Wildman–Crippen MR) is 134 cm³/mol. The summed E-state index contributed by atoms with van der Waals surface area (Å²) in [6, 6.07) is 11.5. The normalized spacial score (nSPS) is 10.7. The van der Waals surface area contributed by atoms with E-state index in [1.807, 2.05) is 48.9 Å². The van der Waals surface area contributed by atoms with Crippen LogP contribution in [0.15, 0.2) is 54.1 Å². The van der Waals surface area contributed by atoms with Crippen LogP contribution in [0.25, 0.3) is 22.3 Å². The molecule has 0 saturated heterocycles. The average Bonchev–Trinajstić information content (AvgIpc) is 3.45. The topological polar surface area (TPSA) is 62.1 Å². The molecule has 0 unspecified atom stereocenters. The fourth-order valence-corrected chi connectivity index (χ4v) is 4.08. The van der Waals surface area contributed by atoms with Crippen LogP contribution in [0.1, 0.15) is 35.5 Å². The number of carbonyl (C=O) groups excluding carboxylic acids is 1. The minimum absolute atomic E-state index is 0.181. The van der Waals surface area contributed by atoms with Gasteiger partial charge in [-0.05, 0) is 31.2 Å². The Morgan fingerprint density at radius 1 is 1.00 bits per heavy atom. The molecule has 4 aromatic rings. The van der Waals surface area contributed by atoms with E-state index in [0.29, 0.717) is 22.8 Å². The van der Waals surface area contributed by atoms with Gasteiger partial charge in [0.2, 0.25) is 5.75 Å². The lowest BCUT2D eigenvalue weighted by Crippen LogP contribution is -2.00. The van der Waals surface area contributed by atoms with Crippen LogP contribution >= 0.6 is 11.3 Å². The SMILES string of the molecule is CC.COc1cc(C(=O)/C=C/c2c(-c3ccc(C)cc3)nc3sccn23)cc(OC)c1OC. The zero-order chi connectivity index (χ0) is 24.0. The molecule has 172 valence electrons. The molecule has 2 aromatic heterocycles. The second-order valence-corrected chi connectivity index (χ2v) is 7.75. The Hall–Kier alpha value is -3.58. The summed E-state index contributed by atoms with van der Waals surface area (Å²) in [5.41, 5.74) is 4.30. The van der Waals surface area contributed by atoms with Crippen LogP contribution in [0.4, 0.5) is 0 Å². The monoisotopic (exact) mass is 464 g/mol. The predicted octanol–water partition coefficient (Wildman–Crippen LogP) is 6.32. The Bertz CT molecular complexity index is 1240. The minimum Gasteiger partial charge on any atom is -0.493 e. The lowest BCUT2D eigenvalue weighted by atomic mass is 10.1. The van der Waals surface area contributed by atoms with Crippen molar-refractivity contribution in [2.75, 3.05) is 21.3 Å². The van der Waals surface area contributed by atoms with Crippen molar-refractivity contribution < 1.29 is 19.0 Å². The number of carbonyl (C=O) groups is 1.